The van der Waals surface area contributed by atoms with Crippen molar-refractivity contribution in [2.24, 2.45) is 5.73 Å². The van der Waals surface area contributed by atoms with Gasteiger partial charge in [0.05, 0.1) is 17.6 Å². The summed E-state index contributed by atoms with van der Waals surface area (Å²) in [6.45, 7) is 1.62. The summed E-state index contributed by atoms with van der Waals surface area (Å²) >= 11 is 0. The van der Waals surface area contributed by atoms with Crippen molar-refractivity contribution in [3.05, 3.63) is 36.5 Å². The minimum absolute atomic E-state index is 0.0978. The average molecular weight is 313 g/mol. The Labute approximate surface area is 133 Å². The van der Waals surface area contributed by atoms with E-state index in [0.29, 0.717) is 5.69 Å². The number of hydrogen-bond donors (Lipinski definition) is 3. The lowest BCUT2D eigenvalue weighted by atomic mass is 10.1. The van der Waals surface area contributed by atoms with Crippen LogP contribution in [0.1, 0.15) is 23.3 Å². The van der Waals surface area contributed by atoms with E-state index < -0.39 is 5.91 Å². The van der Waals surface area contributed by atoms with Crippen molar-refractivity contribution in [1.29, 1.82) is 0 Å². The fourth-order valence-corrected chi connectivity index (χ4v) is 2.68. The maximum Gasteiger partial charge on any atom is 0.278 e. The van der Waals surface area contributed by atoms with E-state index in [1.807, 2.05) is 0 Å². The van der Waals surface area contributed by atoms with Gasteiger partial charge in [0.2, 0.25) is 0 Å². The van der Waals surface area contributed by atoms with Crippen LogP contribution in [0, 0.1) is 0 Å². The van der Waals surface area contributed by atoms with Gasteiger partial charge in [0.1, 0.15) is 0 Å². The van der Waals surface area contributed by atoms with E-state index >= 15 is 0 Å². The van der Waals surface area contributed by atoms with Gasteiger partial charge in [-0.3, -0.25) is 9.78 Å². The van der Waals surface area contributed by atoms with Crippen molar-refractivity contribution < 1.29 is 4.79 Å². The molecule has 1 fully saturated rings. The lowest BCUT2D eigenvalue weighted by molar-refractivity contribution is 0.102. The van der Waals surface area contributed by atoms with Crippen molar-refractivity contribution in [2.75, 3.05) is 29.0 Å². The molecule has 120 valence electrons. The summed E-state index contributed by atoms with van der Waals surface area (Å²) in [5.74, 6) is -0.301. The number of nitrogens with two attached hydrogens (primary N) is 2. The highest BCUT2D eigenvalue weighted by Gasteiger charge is 2.21. The third-order valence-electron chi connectivity index (χ3n) is 3.79. The number of nitrogen functional groups attached to an aromatic ring is 1. The van der Waals surface area contributed by atoms with Crippen LogP contribution < -0.4 is 21.7 Å². The summed E-state index contributed by atoms with van der Waals surface area (Å²) in [4.78, 5) is 26.5. The number of amides is 1. The number of anilines is 3. The minimum Gasteiger partial charge on any atom is -0.382 e. The molecule has 3 rings (SSSR count). The average Bonchev–Trinajstić information content (AvgIpc) is 2.55. The summed E-state index contributed by atoms with van der Waals surface area (Å²) in [6.07, 6.45) is 8.26. The van der Waals surface area contributed by atoms with E-state index in [-0.39, 0.29) is 17.6 Å². The van der Waals surface area contributed by atoms with Gasteiger partial charge < -0.3 is 21.7 Å². The van der Waals surface area contributed by atoms with Crippen LogP contribution in [0.5, 0.6) is 0 Å². The van der Waals surface area contributed by atoms with Gasteiger partial charge in [0.15, 0.2) is 11.5 Å². The Kier molecular flexibility index (Phi) is 4.33. The third-order valence-corrected chi connectivity index (χ3v) is 3.79. The third kappa shape index (κ3) is 3.37. The quantitative estimate of drug-likeness (QED) is 0.759. The number of piperidine rings is 1. The van der Waals surface area contributed by atoms with Gasteiger partial charge in [0, 0.05) is 37.7 Å². The van der Waals surface area contributed by atoms with Crippen molar-refractivity contribution in [3.8, 4) is 0 Å². The second-order valence-electron chi connectivity index (χ2n) is 5.49. The Morgan fingerprint density at radius 3 is 2.91 bits per heavy atom. The van der Waals surface area contributed by atoms with E-state index in [0.717, 1.165) is 31.6 Å². The van der Waals surface area contributed by atoms with Crippen LogP contribution in [-0.4, -0.2) is 40.0 Å². The van der Waals surface area contributed by atoms with Crippen molar-refractivity contribution in [1.82, 2.24) is 15.0 Å². The van der Waals surface area contributed by atoms with Crippen LogP contribution in [0.2, 0.25) is 0 Å². The van der Waals surface area contributed by atoms with E-state index in [4.69, 9.17) is 11.5 Å². The Bertz CT molecular complexity index is 706. The maximum atomic E-state index is 12.4. The van der Waals surface area contributed by atoms with E-state index in [1.165, 1.54) is 12.4 Å². The molecule has 2 aromatic rings. The first-order valence-corrected chi connectivity index (χ1v) is 7.47. The van der Waals surface area contributed by atoms with Gasteiger partial charge in [-0.15, -0.1) is 0 Å². The van der Waals surface area contributed by atoms with Gasteiger partial charge in [-0.2, -0.15) is 0 Å². The number of aromatic nitrogens is 3. The zero-order chi connectivity index (χ0) is 16.2. The van der Waals surface area contributed by atoms with Gasteiger partial charge in [-0.25, -0.2) is 9.97 Å². The standard InChI is InChI=1S/C15H19N7O/c16-10-2-1-7-22(9-10)12-8-18-4-3-11(12)21-15(23)13-14(17)20-6-5-19-13/h3-6,8,10H,1-2,7,9,16H2,(H2,17,20)(H,18,21,23). The van der Waals surface area contributed by atoms with Crippen LogP contribution in [0.15, 0.2) is 30.9 Å². The zero-order valence-electron chi connectivity index (χ0n) is 12.6. The largest absolute Gasteiger partial charge is 0.382 e. The van der Waals surface area contributed by atoms with E-state index in [2.05, 4.69) is 25.2 Å². The van der Waals surface area contributed by atoms with Crippen molar-refractivity contribution >= 4 is 23.1 Å². The summed E-state index contributed by atoms with van der Waals surface area (Å²) in [5, 5.41) is 2.84. The first kappa shape index (κ1) is 15.2. The number of nitrogens with one attached hydrogen (secondary N) is 1. The Morgan fingerprint density at radius 1 is 1.30 bits per heavy atom. The summed E-state index contributed by atoms with van der Waals surface area (Å²) in [7, 11) is 0. The predicted octanol–water partition coefficient (Wildman–Crippen LogP) is 0.634. The van der Waals surface area contributed by atoms with Crippen molar-refractivity contribution in [2.45, 2.75) is 18.9 Å². The van der Waals surface area contributed by atoms with Gasteiger partial charge in [-0.1, -0.05) is 0 Å². The SMILES string of the molecule is Nc1nccnc1C(=O)Nc1ccncc1N1CCCC(N)C1. The molecule has 0 spiro atoms. The highest BCUT2D eigenvalue weighted by atomic mass is 16.1. The molecule has 2 aromatic heterocycles. The minimum atomic E-state index is -0.399. The van der Waals surface area contributed by atoms with Crippen molar-refractivity contribution in [3.63, 3.8) is 0 Å². The molecule has 5 N–H and O–H groups in total. The lowest BCUT2D eigenvalue weighted by Gasteiger charge is -2.33. The molecule has 8 heteroatoms. The van der Waals surface area contributed by atoms with Crippen LogP contribution in [0.25, 0.3) is 0 Å². The lowest BCUT2D eigenvalue weighted by Crippen LogP contribution is -2.43. The molecule has 1 unspecified atom stereocenters. The van der Waals surface area contributed by atoms with Gasteiger partial charge in [0.25, 0.3) is 5.91 Å². The Morgan fingerprint density at radius 2 is 2.13 bits per heavy atom. The van der Waals surface area contributed by atoms with Gasteiger partial charge in [-0.05, 0) is 18.9 Å². The highest BCUT2D eigenvalue weighted by Crippen LogP contribution is 2.27. The van der Waals surface area contributed by atoms with Crippen LogP contribution >= 0.6 is 0 Å². The second kappa shape index (κ2) is 6.57. The summed E-state index contributed by atoms with van der Waals surface area (Å²) in [5.41, 5.74) is 13.3. The molecule has 0 aromatic carbocycles. The molecule has 0 bridgehead atoms. The number of nitrogens with zero attached hydrogens (tertiary/aromatic N) is 4. The summed E-state index contributed by atoms with van der Waals surface area (Å²) in [6, 6.07) is 1.88. The molecule has 3 heterocycles. The van der Waals surface area contributed by atoms with Crippen LogP contribution in [0.4, 0.5) is 17.2 Å². The molecule has 1 aliphatic rings. The smallest absolute Gasteiger partial charge is 0.278 e. The Balaban J connectivity index is 1.83. The second-order valence-corrected chi connectivity index (χ2v) is 5.49. The normalized spacial score (nSPS) is 17.8. The number of hydrogen-bond acceptors (Lipinski definition) is 7. The molecule has 0 aliphatic carbocycles. The highest BCUT2D eigenvalue weighted by molar-refractivity contribution is 6.07. The maximum absolute atomic E-state index is 12.4. The van der Waals surface area contributed by atoms with Crippen LogP contribution in [0.3, 0.4) is 0 Å². The molecular formula is C15H19N7O. The van der Waals surface area contributed by atoms with Gasteiger partial charge >= 0.3 is 0 Å². The van der Waals surface area contributed by atoms with E-state index in [9.17, 15) is 4.79 Å². The van der Waals surface area contributed by atoms with E-state index in [1.54, 1.807) is 18.5 Å². The first-order chi connectivity index (χ1) is 11.1. The van der Waals surface area contributed by atoms with Crippen LogP contribution in [-0.2, 0) is 0 Å². The molecule has 1 atom stereocenters. The molecule has 1 saturated heterocycles. The molecule has 1 aliphatic heterocycles. The Hall–Kier alpha value is -2.74. The zero-order valence-corrected chi connectivity index (χ0v) is 12.6. The fraction of sp³-hybridized carbons (Fsp3) is 0.333. The molecule has 1 amide bonds. The molecule has 23 heavy (non-hydrogen) atoms. The predicted molar refractivity (Wildman–Crippen MR) is 88.1 cm³/mol. The monoisotopic (exact) mass is 313 g/mol. The molecule has 0 radical (unpaired) electrons. The number of carbonyl (C=O) groups excluding carboxylic acids is 1. The fourth-order valence-electron chi connectivity index (χ4n) is 2.68. The summed E-state index contributed by atoms with van der Waals surface area (Å²) < 4.78 is 0. The number of pyridine rings is 1. The number of carbonyl (C=O) groups is 1. The molecular weight excluding hydrogens is 294 g/mol. The number of rotatable bonds is 3. The molecule has 0 saturated carbocycles. The topological polar surface area (TPSA) is 123 Å². The molecule has 8 nitrogen and oxygen atoms in total. The first-order valence-electron chi connectivity index (χ1n) is 7.47.